The molecule has 0 aromatic rings. The molecule has 1 saturated carbocycles. The van der Waals surface area contributed by atoms with Crippen molar-refractivity contribution in [2.45, 2.75) is 25.7 Å². The van der Waals surface area contributed by atoms with Crippen LogP contribution in [0.5, 0.6) is 0 Å². The summed E-state index contributed by atoms with van der Waals surface area (Å²) in [5.41, 5.74) is 5.90. The van der Waals surface area contributed by atoms with E-state index in [1.807, 2.05) is 0 Å². The normalized spacial score (nSPS) is 19.8. The fourth-order valence-electron chi connectivity index (χ4n) is 1.93. The largest absolute Gasteiger partial charge is 0.341 e. The van der Waals surface area contributed by atoms with Crippen LogP contribution >= 0.6 is 0 Å². The van der Waals surface area contributed by atoms with Crippen molar-refractivity contribution in [1.82, 2.24) is 10.6 Å². The van der Waals surface area contributed by atoms with Crippen LogP contribution in [0.4, 0.5) is 4.79 Å². The first-order chi connectivity index (χ1) is 6.22. The highest BCUT2D eigenvalue weighted by atomic mass is 16.2. The van der Waals surface area contributed by atoms with E-state index in [1.165, 1.54) is 12.8 Å². The zero-order chi connectivity index (χ0) is 9.73. The first-order valence-electron chi connectivity index (χ1n) is 4.88. The van der Waals surface area contributed by atoms with Crippen LogP contribution in [0.1, 0.15) is 25.7 Å². The number of rotatable bonds is 3. The first kappa shape index (κ1) is 10.3. The number of urea groups is 1. The van der Waals surface area contributed by atoms with Crippen LogP contribution in [0, 0.1) is 5.41 Å². The monoisotopic (exact) mass is 185 g/mol. The maximum Gasteiger partial charge on any atom is 0.314 e. The van der Waals surface area contributed by atoms with Crippen molar-refractivity contribution >= 4 is 6.03 Å². The van der Waals surface area contributed by atoms with Crippen molar-refractivity contribution in [3.05, 3.63) is 0 Å². The Morgan fingerprint density at radius 3 is 2.54 bits per heavy atom. The molecule has 1 aliphatic rings. The van der Waals surface area contributed by atoms with Gasteiger partial charge in [-0.1, -0.05) is 12.8 Å². The van der Waals surface area contributed by atoms with Crippen LogP contribution in [0.25, 0.3) is 0 Å². The maximum absolute atomic E-state index is 11.0. The molecule has 2 amide bonds. The zero-order valence-corrected chi connectivity index (χ0v) is 8.23. The lowest BCUT2D eigenvalue weighted by molar-refractivity contribution is 0.231. The average molecular weight is 185 g/mol. The number of hydrogen-bond donors (Lipinski definition) is 3. The summed E-state index contributed by atoms with van der Waals surface area (Å²) in [6.07, 6.45) is 4.78. The molecule has 13 heavy (non-hydrogen) atoms. The summed E-state index contributed by atoms with van der Waals surface area (Å²) in [7, 11) is 1.62. The Balaban J connectivity index is 2.35. The van der Waals surface area contributed by atoms with Gasteiger partial charge in [-0.3, -0.25) is 0 Å². The van der Waals surface area contributed by atoms with E-state index in [1.54, 1.807) is 7.05 Å². The molecule has 0 heterocycles. The highest BCUT2D eigenvalue weighted by molar-refractivity contribution is 5.73. The molecule has 0 saturated heterocycles. The van der Waals surface area contributed by atoms with E-state index in [4.69, 9.17) is 5.73 Å². The second-order valence-electron chi connectivity index (χ2n) is 3.84. The third-order valence-electron chi connectivity index (χ3n) is 2.95. The smallest absolute Gasteiger partial charge is 0.314 e. The van der Waals surface area contributed by atoms with E-state index in [0.29, 0.717) is 13.1 Å². The molecule has 1 aliphatic carbocycles. The van der Waals surface area contributed by atoms with Gasteiger partial charge in [0, 0.05) is 19.0 Å². The van der Waals surface area contributed by atoms with Crippen molar-refractivity contribution in [3.63, 3.8) is 0 Å². The van der Waals surface area contributed by atoms with Gasteiger partial charge in [-0.05, 0) is 19.4 Å². The van der Waals surface area contributed by atoms with E-state index >= 15 is 0 Å². The molecule has 4 nitrogen and oxygen atoms in total. The minimum Gasteiger partial charge on any atom is -0.341 e. The average Bonchev–Trinajstić information content (AvgIpc) is 2.63. The van der Waals surface area contributed by atoms with Crippen LogP contribution in [-0.2, 0) is 0 Å². The number of nitrogens with one attached hydrogen (secondary N) is 2. The first-order valence-corrected chi connectivity index (χ1v) is 4.88. The highest BCUT2D eigenvalue weighted by Crippen LogP contribution is 2.36. The third kappa shape index (κ3) is 2.59. The van der Waals surface area contributed by atoms with Gasteiger partial charge in [0.15, 0.2) is 0 Å². The van der Waals surface area contributed by atoms with Gasteiger partial charge in [-0.15, -0.1) is 0 Å². The molecule has 0 atom stereocenters. The number of carbonyl (C=O) groups excluding carboxylic acids is 1. The van der Waals surface area contributed by atoms with E-state index in [0.717, 1.165) is 12.8 Å². The van der Waals surface area contributed by atoms with E-state index in [2.05, 4.69) is 10.6 Å². The molecule has 0 aromatic heterocycles. The fraction of sp³-hybridized carbons (Fsp3) is 0.889. The summed E-state index contributed by atoms with van der Waals surface area (Å²) in [6.45, 7) is 1.39. The van der Waals surface area contributed by atoms with Gasteiger partial charge in [0.25, 0.3) is 0 Å². The molecular weight excluding hydrogens is 166 g/mol. The fourth-order valence-corrected chi connectivity index (χ4v) is 1.93. The predicted molar refractivity (Wildman–Crippen MR) is 52.4 cm³/mol. The number of amides is 2. The Morgan fingerprint density at radius 1 is 1.46 bits per heavy atom. The van der Waals surface area contributed by atoms with Crippen molar-refractivity contribution in [2.75, 3.05) is 20.1 Å². The molecule has 0 aromatic carbocycles. The molecule has 0 aliphatic heterocycles. The molecule has 4 heteroatoms. The lowest BCUT2D eigenvalue weighted by Crippen LogP contribution is -2.43. The molecule has 0 spiro atoms. The minimum atomic E-state index is -0.111. The summed E-state index contributed by atoms with van der Waals surface area (Å²) in [4.78, 5) is 11.0. The summed E-state index contributed by atoms with van der Waals surface area (Å²) in [5, 5.41) is 5.38. The third-order valence-corrected chi connectivity index (χ3v) is 2.95. The van der Waals surface area contributed by atoms with Crippen molar-refractivity contribution in [1.29, 1.82) is 0 Å². The van der Waals surface area contributed by atoms with Gasteiger partial charge in [-0.2, -0.15) is 0 Å². The lowest BCUT2D eigenvalue weighted by Gasteiger charge is -2.27. The summed E-state index contributed by atoms with van der Waals surface area (Å²) in [6, 6.07) is -0.111. The van der Waals surface area contributed by atoms with E-state index in [9.17, 15) is 4.79 Å². The van der Waals surface area contributed by atoms with Crippen LogP contribution in [0.15, 0.2) is 0 Å². The molecule has 0 bridgehead atoms. The van der Waals surface area contributed by atoms with Crippen molar-refractivity contribution < 1.29 is 4.79 Å². The molecule has 76 valence electrons. The SMILES string of the molecule is CNC(=O)NCC1(CN)CCCC1. The second-order valence-corrected chi connectivity index (χ2v) is 3.84. The van der Waals surface area contributed by atoms with E-state index < -0.39 is 0 Å². The van der Waals surface area contributed by atoms with Gasteiger partial charge in [0.1, 0.15) is 0 Å². The van der Waals surface area contributed by atoms with Crippen molar-refractivity contribution in [2.24, 2.45) is 11.1 Å². The molecule has 0 radical (unpaired) electrons. The topological polar surface area (TPSA) is 67.2 Å². The number of nitrogens with two attached hydrogens (primary N) is 1. The predicted octanol–water partition coefficient (Wildman–Crippen LogP) is 0.434. The molecule has 4 N–H and O–H groups in total. The summed E-state index contributed by atoms with van der Waals surface area (Å²) < 4.78 is 0. The van der Waals surface area contributed by atoms with Gasteiger partial charge < -0.3 is 16.4 Å². The lowest BCUT2D eigenvalue weighted by atomic mass is 9.86. The van der Waals surface area contributed by atoms with Crippen LogP contribution in [-0.4, -0.2) is 26.2 Å². The second kappa shape index (κ2) is 4.46. The summed E-state index contributed by atoms with van der Waals surface area (Å²) >= 11 is 0. The highest BCUT2D eigenvalue weighted by Gasteiger charge is 2.32. The Kier molecular flexibility index (Phi) is 3.54. The van der Waals surface area contributed by atoms with Crippen LogP contribution < -0.4 is 16.4 Å². The Bertz CT molecular complexity index is 176. The number of hydrogen-bond acceptors (Lipinski definition) is 2. The Morgan fingerprint density at radius 2 is 2.08 bits per heavy atom. The van der Waals surface area contributed by atoms with Gasteiger partial charge in [-0.25, -0.2) is 4.79 Å². The quantitative estimate of drug-likeness (QED) is 0.597. The van der Waals surface area contributed by atoms with Gasteiger partial charge in [0.05, 0.1) is 0 Å². The minimum absolute atomic E-state index is 0.111. The Hall–Kier alpha value is -0.770. The van der Waals surface area contributed by atoms with Crippen molar-refractivity contribution in [3.8, 4) is 0 Å². The zero-order valence-electron chi connectivity index (χ0n) is 8.23. The molecular formula is C9H19N3O. The van der Waals surface area contributed by atoms with Gasteiger partial charge in [0.2, 0.25) is 0 Å². The summed E-state index contributed by atoms with van der Waals surface area (Å²) in [5.74, 6) is 0. The molecule has 1 fully saturated rings. The van der Waals surface area contributed by atoms with Crippen LogP contribution in [0.3, 0.4) is 0 Å². The van der Waals surface area contributed by atoms with Gasteiger partial charge >= 0.3 is 6.03 Å². The van der Waals surface area contributed by atoms with E-state index in [-0.39, 0.29) is 11.4 Å². The molecule has 1 rings (SSSR count). The standard InChI is InChI=1S/C9H19N3O/c1-11-8(13)12-7-9(6-10)4-2-3-5-9/h2-7,10H2,1H3,(H2,11,12,13). The maximum atomic E-state index is 11.0. The number of carbonyl (C=O) groups is 1. The van der Waals surface area contributed by atoms with Crippen LogP contribution in [0.2, 0.25) is 0 Å². The Labute approximate surface area is 79.3 Å². The molecule has 0 unspecified atom stereocenters.